The molecule has 4 heteroatoms. The van der Waals surface area contributed by atoms with E-state index in [9.17, 15) is 0 Å². The van der Waals surface area contributed by atoms with Crippen LogP contribution in [0.3, 0.4) is 0 Å². The number of hydrogen-bond donors (Lipinski definition) is 1. The lowest BCUT2D eigenvalue weighted by Gasteiger charge is -2.37. The smallest absolute Gasteiger partial charge is 0.0781 e. The Bertz CT molecular complexity index is 416. The molecule has 0 aromatic heterocycles. The minimum absolute atomic E-state index is 0.695. The molecule has 1 aliphatic heterocycles. The van der Waals surface area contributed by atoms with Gasteiger partial charge in [-0.2, -0.15) is 0 Å². The lowest BCUT2D eigenvalue weighted by Crippen LogP contribution is -2.42. The fourth-order valence-corrected chi connectivity index (χ4v) is 4.04. The van der Waals surface area contributed by atoms with Gasteiger partial charge >= 0.3 is 0 Å². The summed E-state index contributed by atoms with van der Waals surface area (Å²) < 4.78 is 3.42. The van der Waals surface area contributed by atoms with Gasteiger partial charge in [-0.05, 0) is 43.0 Å². The molecule has 2 nitrogen and oxygen atoms in total. The fraction of sp³-hybridized carbons (Fsp3) is 0.571. The van der Waals surface area contributed by atoms with Crippen molar-refractivity contribution >= 4 is 29.2 Å². The summed E-state index contributed by atoms with van der Waals surface area (Å²) in [7, 11) is 0. The number of benzene rings is 1. The lowest BCUT2D eigenvalue weighted by molar-refractivity contribution is 0.517. The van der Waals surface area contributed by atoms with E-state index in [0.29, 0.717) is 6.04 Å². The van der Waals surface area contributed by atoms with E-state index < -0.39 is 0 Å². The summed E-state index contributed by atoms with van der Waals surface area (Å²) in [6, 6.07) is 6.95. The Morgan fingerprint density at radius 2 is 1.94 bits per heavy atom. The molecule has 3 rings (SSSR count). The molecular formula is C14H19ClN2S. The second-order valence-electron chi connectivity index (χ2n) is 5.13. The fourth-order valence-electron chi connectivity index (χ4n) is 2.97. The van der Waals surface area contributed by atoms with Crippen LogP contribution in [0, 0.1) is 0 Å². The Kier molecular flexibility index (Phi) is 4.02. The van der Waals surface area contributed by atoms with Crippen molar-refractivity contribution in [1.29, 1.82) is 0 Å². The van der Waals surface area contributed by atoms with Crippen LogP contribution in [0.5, 0.6) is 0 Å². The van der Waals surface area contributed by atoms with E-state index >= 15 is 0 Å². The number of rotatable bonds is 1. The van der Waals surface area contributed by atoms with E-state index in [2.05, 4.69) is 21.8 Å². The summed E-state index contributed by atoms with van der Waals surface area (Å²) in [6.45, 7) is 0.948. The topological polar surface area (TPSA) is 15.3 Å². The Hall–Kier alpha value is -0.380. The van der Waals surface area contributed by atoms with Crippen LogP contribution in [0.15, 0.2) is 23.1 Å². The lowest BCUT2D eigenvalue weighted by atomic mass is 10.1. The standard InChI is InChI=1S/C14H19ClN2S/c15-11-7-8-13-14(9-11)18-16-10-17(13)12-5-3-1-2-4-6-12/h7-9,12,16H,1-6,10H2. The molecule has 1 saturated carbocycles. The number of fused-ring (bicyclic) bond motifs is 1. The van der Waals surface area contributed by atoms with Gasteiger partial charge in [0, 0.05) is 16.0 Å². The van der Waals surface area contributed by atoms with E-state index in [1.165, 1.54) is 49.1 Å². The van der Waals surface area contributed by atoms with Crippen LogP contribution < -0.4 is 9.62 Å². The van der Waals surface area contributed by atoms with Crippen LogP contribution in [0.25, 0.3) is 0 Å². The minimum atomic E-state index is 0.695. The Morgan fingerprint density at radius 1 is 1.17 bits per heavy atom. The first-order valence-electron chi connectivity index (χ1n) is 6.80. The molecule has 1 fully saturated rings. The van der Waals surface area contributed by atoms with E-state index in [1.807, 2.05) is 6.07 Å². The molecule has 0 saturated heterocycles. The second-order valence-corrected chi connectivity index (χ2v) is 6.50. The Morgan fingerprint density at radius 3 is 2.72 bits per heavy atom. The summed E-state index contributed by atoms with van der Waals surface area (Å²) in [6.07, 6.45) is 8.21. The van der Waals surface area contributed by atoms with Crippen molar-refractivity contribution in [1.82, 2.24) is 4.72 Å². The summed E-state index contributed by atoms with van der Waals surface area (Å²) in [5, 5.41) is 0.825. The average Bonchev–Trinajstić information content (AvgIpc) is 2.66. The number of anilines is 1. The Labute approximate surface area is 118 Å². The van der Waals surface area contributed by atoms with Crippen LogP contribution in [0.4, 0.5) is 5.69 Å². The van der Waals surface area contributed by atoms with Gasteiger partial charge in [-0.1, -0.05) is 37.3 Å². The van der Waals surface area contributed by atoms with Gasteiger partial charge < -0.3 is 4.90 Å². The van der Waals surface area contributed by atoms with Gasteiger partial charge in [-0.15, -0.1) is 0 Å². The van der Waals surface area contributed by atoms with Crippen molar-refractivity contribution in [3.63, 3.8) is 0 Å². The van der Waals surface area contributed by atoms with Gasteiger partial charge in [-0.25, -0.2) is 4.72 Å². The highest BCUT2D eigenvalue weighted by Crippen LogP contribution is 2.37. The highest BCUT2D eigenvalue weighted by atomic mass is 35.5. The van der Waals surface area contributed by atoms with E-state index in [4.69, 9.17) is 11.6 Å². The molecule has 0 bridgehead atoms. The van der Waals surface area contributed by atoms with Gasteiger partial charge in [0.1, 0.15) is 0 Å². The third-order valence-corrected chi connectivity index (χ3v) is 4.97. The first-order valence-corrected chi connectivity index (χ1v) is 8.00. The molecule has 0 atom stereocenters. The van der Waals surface area contributed by atoms with Crippen molar-refractivity contribution in [2.75, 3.05) is 11.6 Å². The molecule has 98 valence electrons. The van der Waals surface area contributed by atoms with Crippen LogP contribution in [-0.4, -0.2) is 12.7 Å². The van der Waals surface area contributed by atoms with E-state index in [-0.39, 0.29) is 0 Å². The maximum atomic E-state index is 6.08. The van der Waals surface area contributed by atoms with Crippen molar-refractivity contribution in [3.8, 4) is 0 Å². The van der Waals surface area contributed by atoms with E-state index in [0.717, 1.165) is 11.7 Å². The maximum absolute atomic E-state index is 6.08. The predicted molar refractivity (Wildman–Crippen MR) is 79.3 cm³/mol. The predicted octanol–water partition coefficient (Wildman–Crippen LogP) is 4.44. The molecule has 1 aromatic carbocycles. The van der Waals surface area contributed by atoms with Crippen molar-refractivity contribution in [3.05, 3.63) is 23.2 Å². The molecule has 0 spiro atoms. The second kappa shape index (κ2) is 5.72. The Balaban J connectivity index is 1.85. The number of nitrogens with one attached hydrogen (secondary N) is 1. The number of hydrogen-bond acceptors (Lipinski definition) is 3. The van der Waals surface area contributed by atoms with Gasteiger partial charge in [0.2, 0.25) is 0 Å². The normalized spacial score (nSPS) is 21.5. The van der Waals surface area contributed by atoms with Crippen molar-refractivity contribution in [2.24, 2.45) is 0 Å². The summed E-state index contributed by atoms with van der Waals surface area (Å²) in [4.78, 5) is 3.80. The summed E-state index contributed by atoms with van der Waals surface area (Å²) in [5.74, 6) is 0. The molecule has 2 aliphatic rings. The maximum Gasteiger partial charge on any atom is 0.0781 e. The van der Waals surface area contributed by atoms with Gasteiger partial charge in [0.15, 0.2) is 0 Å². The zero-order valence-corrected chi connectivity index (χ0v) is 12.1. The van der Waals surface area contributed by atoms with Crippen LogP contribution in [0.2, 0.25) is 5.02 Å². The van der Waals surface area contributed by atoms with Gasteiger partial charge in [0.25, 0.3) is 0 Å². The highest BCUT2D eigenvalue weighted by molar-refractivity contribution is 7.97. The first-order chi connectivity index (χ1) is 8.84. The van der Waals surface area contributed by atoms with Gasteiger partial charge in [-0.3, -0.25) is 0 Å². The van der Waals surface area contributed by atoms with E-state index in [1.54, 1.807) is 11.9 Å². The monoisotopic (exact) mass is 282 g/mol. The third kappa shape index (κ3) is 2.63. The van der Waals surface area contributed by atoms with Crippen LogP contribution >= 0.6 is 23.5 Å². The highest BCUT2D eigenvalue weighted by Gasteiger charge is 2.25. The van der Waals surface area contributed by atoms with Crippen molar-refractivity contribution < 1.29 is 0 Å². The third-order valence-electron chi connectivity index (χ3n) is 3.91. The molecule has 1 heterocycles. The molecule has 0 amide bonds. The van der Waals surface area contributed by atoms with Crippen molar-refractivity contribution in [2.45, 2.75) is 49.5 Å². The molecule has 18 heavy (non-hydrogen) atoms. The molecule has 0 unspecified atom stereocenters. The SMILES string of the molecule is Clc1ccc2c(c1)SNCN2C1CCCCCC1. The molecular weight excluding hydrogens is 264 g/mol. The molecule has 1 aliphatic carbocycles. The molecule has 1 aromatic rings. The zero-order valence-electron chi connectivity index (χ0n) is 10.5. The summed E-state index contributed by atoms with van der Waals surface area (Å²) in [5.41, 5.74) is 1.36. The quantitative estimate of drug-likeness (QED) is 0.606. The largest absolute Gasteiger partial charge is 0.354 e. The van der Waals surface area contributed by atoms with Crippen LogP contribution in [-0.2, 0) is 0 Å². The van der Waals surface area contributed by atoms with Crippen LogP contribution in [0.1, 0.15) is 38.5 Å². The van der Waals surface area contributed by atoms with Gasteiger partial charge in [0.05, 0.1) is 12.4 Å². The average molecular weight is 283 g/mol. The zero-order chi connectivity index (χ0) is 12.4. The number of nitrogens with zero attached hydrogens (tertiary/aromatic N) is 1. The minimum Gasteiger partial charge on any atom is -0.354 e. The molecule has 0 radical (unpaired) electrons. The first kappa shape index (κ1) is 12.6. The number of halogens is 1. The molecule has 1 N–H and O–H groups in total. The summed E-state index contributed by atoms with van der Waals surface area (Å²) >= 11 is 7.78.